The van der Waals surface area contributed by atoms with Crippen molar-refractivity contribution >= 4 is 10.8 Å². The van der Waals surface area contributed by atoms with Crippen molar-refractivity contribution in [1.29, 1.82) is 5.26 Å². The lowest BCUT2D eigenvalue weighted by Gasteiger charge is -2.10. The minimum Gasteiger partial charge on any atom is -0.391 e. The smallest absolute Gasteiger partial charge is 0.111 e. The first kappa shape index (κ1) is 9.38. The van der Waals surface area contributed by atoms with Crippen molar-refractivity contribution in [3.8, 4) is 6.07 Å². The van der Waals surface area contributed by atoms with Crippen molar-refractivity contribution in [1.82, 2.24) is 0 Å². The summed E-state index contributed by atoms with van der Waals surface area (Å²) in [7, 11) is 0. The molecule has 2 unspecified atom stereocenters. The second-order valence-corrected chi connectivity index (χ2v) is 4.33. The molecule has 1 fully saturated rings. The minimum atomic E-state index is -0.666. The van der Waals surface area contributed by atoms with Crippen LogP contribution in [0.4, 0.5) is 0 Å². The molecule has 1 N–H and O–H groups in total. The molecule has 0 bridgehead atoms. The Hall–Kier alpha value is -1.85. The molecular formula is C14H11NO. The van der Waals surface area contributed by atoms with Gasteiger partial charge < -0.3 is 5.11 Å². The highest BCUT2D eigenvalue weighted by Crippen LogP contribution is 2.49. The number of hydrogen-bond acceptors (Lipinski definition) is 2. The van der Waals surface area contributed by atoms with Gasteiger partial charge in [0, 0.05) is 6.42 Å². The molecule has 2 heteroatoms. The molecule has 3 rings (SSSR count). The first-order chi connectivity index (χ1) is 7.78. The second kappa shape index (κ2) is 3.07. The Kier molecular flexibility index (Phi) is 1.80. The van der Waals surface area contributed by atoms with Crippen LogP contribution in [0.5, 0.6) is 0 Å². The monoisotopic (exact) mass is 209 g/mol. The molecule has 0 radical (unpaired) electrons. The maximum atomic E-state index is 9.67. The van der Waals surface area contributed by atoms with Crippen LogP contribution in [0.3, 0.4) is 0 Å². The number of nitrogens with zero attached hydrogens (tertiary/aromatic N) is 1. The zero-order chi connectivity index (χ0) is 11.2. The number of aliphatic hydroxyl groups is 1. The fraction of sp³-hybridized carbons (Fsp3) is 0.214. The van der Waals surface area contributed by atoms with E-state index in [1.54, 1.807) is 0 Å². The molecule has 78 valence electrons. The number of aliphatic hydroxyl groups excluding tert-OH is 1. The van der Waals surface area contributed by atoms with Gasteiger partial charge in [-0.1, -0.05) is 42.5 Å². The van der Waals surface area contributed by atoms with E-state index in [0.29, 0.717) is 6.42 Å². The topological polar surface area (TPSA) is 44.0 Å². The van der Waals surface area contributed by atoms with Crippen LogP contribution in [-0.4, -0.2) is 11.2 Å². The van der Waals surface area contributed by atoms with Crippen LogP contribution in [0, 0.1) is 11.3 Å². The maximum Gasteiger partial charge on any atom is 0.111 e. The summed E-state index contributed by atoms with van der Waals surface area (Å²) in [4.78, 5) is 0. The zero-order valence-corrected chi connectivity index (χ0v) is 8.72. The van der Waals surface area contributed by atoms with Gasteiger partial charge >= 0.3 is 0 Å². The summed E-state index contributed by atoms with van der Waals surface area (Å²) >= 11 is 0. The number of benzene rings is 2. The van der Waals surface area contributed by atoms with E-state index in [4.69, 9.17) is 0 Å². The molecule has 2 atom stereocenters. The van der Waals surface area contributed by atoms with Crippen molar-refractivity contribution < 1.29 is 5.11 Å². The van der Waals surface area contributed by atoms with Crippen LogP contribution in [0.1, 0.15) is 12.0 Å². The molecule has 2 aromatic carbocycles. The summed E-state index contributed by atoms with van der Waals surface area (Å²) in [6.07, 6.45) is 0.0423. The fourth-order valence-electron chi connectivity index (χ4n) is 2.33. The van der Waals surface area contributed by atoms with Gasteiger partial charge in [-0.3, -0.25) is 0 Å². The number of hydrogen-bond donors (Lipinski definition) is 1. The van der Waals surface area contributed by atoms with E-state index in [9.17, 15) is 10.4 Å². The Morgan fingerprint density at radius 3 is 2.56 bits per heavy atom. The first-order valence-electron chi connectivity index (χ1n) is 5.35. The van der Waals surface area contributed by atoms with E-state index in [-0.39, 0.29) is 0 Å². The minimum absolute atomic E-state index is 0.511. The predicted molar refractivity (Wildman–Crippen MR) is 61.9 cm³/mol. The predicted octanol–water partition coefficient (Wildman–Crippen LogP) is 2.37. The molecule has 0 spiro atoms. The maximum absolute atomic E-state index is 9.67. The van der Waals surface area contributed by atoms with Crippen molar-refractivity contribution in [3.63, 3.8) is 0 Å². The van der Waals surface area contributed by atoms with Crippen LogP contribution >= 0.6 is 0 Å². The van der Waals surface area contributed by atoms with E-state index in [1.165, 1.54) is 0 Å². The highest BCUT2D eigenvalue weighted by atomic mass is 16.3. The zero-order valence-electron chi connectivity index (χ0n) is 8.72. The van der Waals surface area contributed by atoms with E-state index in [1.807, 2.05) is 42.5 Å². The highest BCUT2D eigenvalue weighted by molar-refractivity contribution is 5.87. The number of fused-ring (bicyclic) bond motifs is 1. The summed E-state index contributed by atoms with van der Waals surface area (Å²) in [5, 5.41) is 21.1. The average molecular weight is 209 g/mol. The Labute approximate surface area is 93.8 Å². The van der Waals surface area contributed by atoms with Gasteiger partial charge in [-0.15, -0.1) is 0 Å². The van der Waals surface area contributed by atoms with Crippen LogP contribution in [-0.2, 0) is 5.41 Å². The van der Waals surface area contributed by atoms with Crippen LogP contribution < -0.4 is 0 Å². The third-order valence-corrected chi connectivity index (χ3v) is 3.39. The Bertz CT molecular complexity index is 594. The lowest BCUT2D eigenvalue weighted by atomic mass is 9.92. The molecule has 2 aromatic rings. The van der Waals surface area contributed by atoms with E-state index >= 15 is 0 Å². The Balaban J connectivity index is 2.30. The van der Waals surface area contributed by atoms with E-state index < -0.39 is 11.5 Å². The van der Waals surface area contributed by atoms with Crippen LogP contribution in [0.2, 0.25) is 0 Å². The molecule has 0 heterocycles. The van der Waals surface area contributed by atoms with Gasteiger partial charge in [0.2, 0.25) is 0 Å². The van der Waals surface area contributed by atoms with Gasteiger partial charge in [-0.2, -0.15) is 5.26 Å². The molecule has 0 aromatic heterocycles. The van der Waals surface area contributed by atoms with Crippen LogP contribution in [0.15, 0.2) is 42.5 Å². The summed E-state index contributed by atoms with van der Waals surface area (Å²) in [5.41, 5.74) is 0.293. The molecule has 0 saturated heterocycles. The molecule has 0 aliphatic heterocycles. The average Bonchev–Trinajstić information content (AvgIpc) is 3.01. The molecule has 2 nitrogen and oxygen atoms in total. The molecule has 1 aliphatic rings. The van der Waals surface area contributed by atoms with Gasteiger partial charge in [-0.05, 0) is 16.3 Å². The molecule has 1 aliphatic carbocycles. The van der Waals surface area contributed by atoms with Crippen molar-refractivity contribution in [2.75, 3.05) is 0 Å². The fourth-order valence-corrected chi connectivity index (χ4v) is 2.33. The third-order valence-electron chi connectivity index (χ3n) is 3.39. The lowest BCUT2D eigenvalue weighted by molar-refractivity contribution is 0.261. The molecular weight excluding hydrogens is 198 g/mol. The summed E-state index contributed by atoms with van der Waals surface area (Å²) in [6.45, 7) is 0. The summed E-state index contributed by atoms with van der Waals surface area (Å²) in [6, 6.07) is 16.2. The van der Waals surface area contributed by atoms with Crippen LogP contribution in [0.25, 0.3) is 10.8 Å². The Morgan fingerprint density at radius 1 is 1.19 bits per heavy atom. The summed E-state index contributed by atoms with van der Waals surface area (Å²) < 4.78 is 0. The van der Waals surface area contributed by atoms with Gasteiger partial charge in [0.05, 0.1) is 12.2 Å². The second-order valence-electron chi connectivity index (χ2n) is 4.33. The summed E-state index contributed by atoms with van der Waals surface area (Å²) in [5.74, 6) is 0. The van der Waals surface area contributed by atoms with E-state index in [2.05, 4.69) is 6.07 Å². The van der Waals surface area contributed by atoms with Gasteiger partial charge in [0.25, 0.3) is 0 Å². The quantitative estimate of drug-likeness (QED) is 0.783. The van der Waals surface area contributed by atoms with Crippen molar-refractivity contribution in [2.24, 2.45) is 0 Å². The largest absolute Gasteiger partial charge is 0.391 e. The van der Waals surface area contributed by atoms with Crippen molar-refractivity contribution in [2.45, 2.75) is 17.9 Å². The number of rotatable bonds is 1. The molecule has 16 heavy (non-hydrogen) atoms. The standard InChI is InChI=1S/C14H11NO/c15-9-14(8-13(14)16)12-7-3-5-10-4-1-2-6-11(10)12/h1-7,13,16H,8H2. The number of nitriles is 1. The normalized spacial score (nSPS) is 27.6. The molecule has 0 amide bonds. The molecule has 1 saturated carbocycles. The van der Waals surface area contributed by atoms with Gasteiger partial charge in [0.1, 0.15) is 5.41 Å². The third kappa shape index (κ3) is 1.09. The Morgan fingerprint density at radius 2 is 1.88 bits per heavy atom. The van der Waals surface area contributed by atoms with Crippen molar-refractivity contribution in [3.05, 3.63) is 48.0 Å². The highest BCUT2D eigenvalue weighted by Gasteiger charge is 2.56. The first-order valence-corrected chi connectivity index (χ1v) is 5.35. The lowest BCUT2D eigenvalue weighted by Crippen LogP contribution is -2.09. The SMILES string of the molecule is N#CC1(c2cccc3ccccc23)CC1O. The van der Waals surface area contributed by atoms with Gasteiger partial charge in [-0.25, -0.2) is 0 Å². The van der Waals surface area contributed by atoms with Gasteiger partial charge in [0.15, 0.2) is 0 Å². The van der Waals surface area contributed by atoms with E-state index in [0.717, 1.165) is 16.3 Å².